The van der Waals surface area contributed by atoms with Gasteiger partial charge in [0.2, 0.25) is 0 Å². The van der Waals surface area contributed by atoms with Crippen LogP contribution in [0.2, 0.25) is 0 Å². The van der Waals surface area contributed by atoms with Crippen molar-refractivity contribution < 1.29 is 9.18 Å². The van der Waals surface area contributed by atoms with Gasteiger partial charge in [0.25, 0.3) is 5.91 Å². The average molecular weight is 140 g/mol. The van der Waals surface area contributed by atoms with Crippen molar-refractivity contribution in [1.29, 1.82) is 0 Å². The summed E-state index contributed by atoms with van der Waals surface area (Å²) in [5, 5.41) is 0. The van der Waals surface area contributed by atoms with Crippen molar-refractivity contribution >= 4 is 5.91 Å². The Morgan fingerprint density at radius 1 is 1.70 bits per heavy atom. The molecule has 0 unspecified atom stereocenters. The summed E-state index contributed by atoms with van der Waals surface area (Å²) in [5.74, 6) is -1.44. The van der Waals surface area contributed by atoms with Crippen molar-refractivity contribution in [3.63, 3.8) is 0 Å². The molecule has 3 nitrogen and oxygen atoms in total. The molecule has 4 heteroatoms. The van der Waals surface area contributed by atoms with Crippen molar-refractivity contribution in [3.8, 4) is 0 Å². The zero-order valence-corrected chi connectivity index (χ0v) is 5.04. The van der Waals surface area contributed by atoms with E-state index in [4.69, 9.17) is 5.73 Å². The maximum Gasteiger partial charge on any atom is 0.253 e. The summed E-state index contributed by atoms with van der Waals surface area (Å²) >= 11 is 0. The molecule has 1 amide bonds. The zero-order valence-electron chi connectivity index (χ0n) is 5.04. The van der Waals surface area contributed by atoms with E-state index in [0.29, 0.717) is 0 Å². The average Bonchev–Trinajstić information content (AvgIpc) is 1.88. The Morgan fingerprint density at radius 3 is 2.80 bits per heavy atom. The highest BCUT2D eigenvalue weighted by atomic mass is 19.1. The Morgan fingerprint density at radius 2 is 2.40 bits per heavy atom. The number of nitrogens with zero attached hydrogens (tertiary/aromatic N) is 1. The van der Waals surface area contributed by atoms with E-state index in [9.17, 15) is 9.18 Å². The summed E-state index contributed by atoms with van der Waals surface area (Å²) in [6, 6.07) is 1.08. The molecule has 0 bridgehead atoms. The van der Waals surface area contributed by atoms with Crippen molar-refractivity contribution in [2.45, 2.75) is 0 Å². The third-order valence-corrected chi connectivity index (χ3v) is 1.03. The van der Waals surface area contributed by atoms with E-state index in [1.54, 1.807) is 0 Å². The van der Waals surface area contributed by atoms with E-state index in [2.05, 4.69) is 4.98 Å². The first-order valence-electron chi connectivity index (χ1n) is 2.61. The van der Waals surface area contributed by atoms with Crippen LogP contribution < -0.4 is 5.73 Å². The lowest BCUT2D eigenvalue weighted by Gasteiger charge is -1.93. The van der Waals surface area contributed by atoms with Gasteiger partial charge in [-0.25, -0.2) is 4.39 Å². The Hall–Kier alpha value is -1.45. The number of nitrogens with two attached hydrogens (primary N) is 1. The minimum Gasteiger partial charge on any atom is -0.365 e. The molecule has 0 radical (unpaired) electrons. The van der Waals surface area contributed by atoms with Crippen molar-refractivity contribution in [1.82, 2.24) is 4.98 Å². The predicted molar refractivity (Wildman–Crippen MR) is 32.7 cm³/mol. The summed E-state index contributed by atoms with van der Waals surface area (Å²) in [4.78, 5) is 13.9. The number of hydrogen-bond acceptors (Lipinski definition) is 2. The summed E-state index contributed by atoms with van der Waals surface area (Å²) in [6.07, 6.45) is 2.35. The Bertz CT molecular complexity index is 262. The predicted octanol–water partition coefficient (Wildman–Crippen LogP) is 0.320. The van der Waals surface area contributed by atoms with Crippen LogP contribution in [0.25, 0.3) is 0 Å². The number of aromatic nitrogens is 1. The highest BCUT2D eigenvalue weighted by Crippen LogP contribution is 2.01. The van der Waals surface area contributed by atoms with Crippen LogP contribution in [-0.2, 0) is 0 Å². The zero-order chi connectivity index (χ0) is 7.56. The first-order valence-corrected chi connectivity index (χ1v) is 2.61. The molecule has 0 saturated carbocycles. The minimum atomic E-state index is -0.800. The van der Waals surface area contributed by atoms with Gasteiger partial charge in [0.1, 0.15) is 5.82 Å². The van der Waals surface area contributed by atoms with Crippen LogP contribution in [0, 0.1) is 5.82 Å². The molecule has 0 atom stereocenters. The van der Waals surface area contributed by atoms with Gasteiger partial charge < -0.3 is 5.73 Å². The van der Waals surface area contributed by atoms with Gasteiger partial charge in [0.15, 0.2) is 0 Å². The molecule has 10 heavy (non-hydrogen) atoms. The van der Waals surface area contributed by atoms with Crippen LogP contribution in [0.15, 0.2) is 18.5 Å². The molecule has 0 spiro atoms. The standard InChI is InChI=1S/C6H5FN2O/c7-5-1-2-9-3-4(5)6(8)10/h1-3H,(H2,8,10). The number of pyridine rings is 1. The van der Waals surface area contributed by atoms with Gasteiger partial charge in [-0.15, -0.1) is 0 Å². The number of rotatable bonds is 1. The highest BCUT2D eigenvalue weighted by Gasteiger charge is 2.05. The van der Waals surface area contributed by atoms with Gasteiger partial charge in [-0.05, 0) is 6.07 Å². The molecule has 2 N–H and O–H groups in total. The lowest BCUT2D eigenvalue weighted by atomic mass is 10.3. The van der Waals surface area contributed by atoms with Crippen LogP contribution in [0.5, 0.6) is 0 Å². The molecule has 0 fully saturated rings. The molecule has 0 aliphatic rings. The fourth-order valence-corrected chi connectivity index (χ4v) is 0.559. The first kappa shape index (κ1) is 6.67. The van der Waals surface area contributed by atoms with Gasteiger partial charge in [0.05, 0.1) is 5.56 Å². The maximum atomic E-state index is 12.5. The van der Waals surface area contributed by atoms with Crippen molar-refractivity contribution in [3.05, 3.63) is 29.8 Å². The molecule has 0 saturated heterocycles. The third-order valence-electron chi connectivity index (χ3n) is 1.03. The van der Waals surface area contributed by atoms with E-state index in [1.165, 1.54) is 6.20 Å². The summed E-state index contributed by atoms with van der Waals surface area (Å²) < 4.78 is 12.5. The SMILES string of the molecule is NC(=O)c1cnccc1F. The smallest absolute Gasteiger partial charge is 0.253 e. The topological polar surface area (TPSA) is 56.0 Å². The number of primary amides is 1. The number of carbonyl (C=O) groups excluding carboxylic acids is 1. The molecular weight excluding hydrogens is 135 g/mol. The number of carbonyl (C=O) groups is 1. The molecule has 52 valence electrons. The molecule has 0 aliphatic heterocycles. The summed E-state index contributed by atoms with van der Waals surface area (Å²) in [5.41, 5.74) is 4.62. The largest absolute Gasteiger partial charge is 0.365 e. The molecule has 1 heterocycles. The second-order valence-electron chi connectivity index (χ2n) is 1.72. The number of hydrogen-bond donors (Lipinski definition) is 1. The van der Waals surface area contributed by atoms with Gasteiger partial charge >= 0.3 is 0 Å². The Labute approximate surface area is 56.7 Å². The molecule has 0 aromatic carbocycles. The van der Waals surface area contributed by atoms with Gasteiger partial charge in [-0.1, -0.05) is 0 Å². The van der Waals surface area contributed by atoms with Gasteiger partial charge in [0, 0.05) is 12.4 Å². The third kappa shape index (κ3) is 1.10. The number of halogens is 1. The maximum absolute atomic E-state index is 12.5. The van der Waals surface area contributed by atoms with E-state index in [1.807, 2.05) is 0 Å². The highest BCUT2D eigenvalue weighted by molar-refractivity contribution is 5.92. The minimum absolute atomic E-state index is 0.178. The van der Waals surface area contributed by atoms with Crippen LogP contribution in [0.4, 0.5) is 4.39 Å². The van der Waals surface area contributed by atoms with Crippen LogP contribution in [-0.4, -0.2) is 10.9 Å². The first-order chi connectivity index (χ1) is 4.72. The number of amides is 1. The normalized spacial score (nSPS) is 9.30. The molecule has 1 aromatic heterocycles. The van der Waals surface area contributed by atoms with Crippen LogP contribution in [0.3, 0.4) is 0 Å². The quantitative estimate of drug-likeness (QED) is 0.610. The van der Waals surface area contributed by atoms with Gasteiger partial charge in [-0.3, -0.25) is 9.78 Å². The fourth-order valence-electron chi connectivity index (χ4n) is 0.559. The summed E-state index contributed by atoms with van der Waals surface area (Å²) in [6.45, 7) is 0. The molecule has 1 rings (SSSR count). The lowest BCUT2D eigenvalue weighted by Crippen LogP contribution is -2.13. The summed E-state index contributed by atoms with van der Waals surface area (Å²) in [7, 11) is 0. The second kappa shape index (κ2) is 2.43. The molecular formula is C6H5FN2O. The monoisotopic (exact) mass is 140 g/mol. The molecule has 1 aromatic rings. The van der Waals surface area contributed by atoms with Crippen molar-refractivity contribution in [2.24, 2.45) is 5.73 Å². The van der Waals surface area contributed by atoms with Gasteiger partial charge in [-0.2, -0.15) is 0 Å². The van der Waals surface area contributed by atoms with E-state index < -0.39 is 11.7 Å². The van der Waals surface area contributed by atoms with E-state index >= 15 is 0 Å². The van der Waals surface area contributed by atoms with Crippen LogP contribution in [0.1, 0.15) is 10.4 Å². The van der Waals surface area contributed by atoms with Crippen LogP contribution >= 0.6 is 0 Å². The fraction of sp³-hybridized carbons (Fsp3) is 0. The second-order valence-corrected chi connectivity index (χ2v) is 1.72. The molecule has 0 aliphatic carbocycles. The van der Waals surface area contributed by atoms with E-state index in [0.717, 1.165) is 12.3 Å². The Balaban J connectivity index is 3.15. The van der Waals surface area contributed by atoms with E-state index in [-0.39, 0.29) is 5.56 Å². The van der Waals surface area contributed by atoms with Crippen molar-refractivity contribution in [2.75, 3.05) is 0 Å². The Kier molecular flexibility index (Phi) is 1.62. The lowest BCUT2D eigenvalue weighted by molar-refractivity contribution is 0.0996.